The topological polar surface area (TPSA) is 142 Å². The molecule has 1 unspecified atom stereocenters. The van der Waals surface area contributed by atoms with Gasteiger partial charge in [0, 0.05) is 16.3 Å². The third-order valence-corrected chi connectivity index (χ3v) is 7.56. The van der Waals surface area contributed by atoms with Gasteiger partial charge in [0.15, 0.2) is 0 Å². The monoisotopic (exact) mass is 598 g/mol. The van der Waals surface area contributed by atoms with E-state index in [0.29, 0.717) is 22.9 Å². The minimum Gasteiger partial charge on any atom is -0.494 e. The standard InChI is InChI=1S/C33H30N2O7S/c1-2-3-18-42-25-15-13-23(14-16-25)34-31(37)29(21-8-5-4-6-9-21)43-26-11-7-10-24(20-26)35-30(36)27-17-12-22(32(38)39)19-28(27)33(40)41/h4-17,19-20,29H,2-3,18H2,1H3,(H,34,37)(H,35,36)(H,38,39)(H,40,41). The van der Waals surface area contributed by atoms with Crippen molar-refractivity contribution in [1.82, 2.24) is 0 Å². The largest absolute Gasteiger partial charge is 0.494 e. The van der Waals surface area contributed by atoms with Gasteiger partial charge >= 0.3 is 11.9 Å². The van der Waals surface area contributed by atoms with E-state index in [1.54, 1.807) is 36.4 Å². The normalized spacial score (nSPS) is 11.3. The highest BCUT2D eigenvalue weighted by molar-refractivity contribution is 8.00. The predicted octanol–water partition coefficient (Wildman–Crippen LogP) is 6.99. The number of carboxylic acid groups (broad SMARTS) is 2. The lowest BCUT2D eigenvalue weighted by atomic mass is 10.0. The Hall–Kier alpha value is -5.09. The molecule has 0 radical (unpaired) electrons. The first kappa shape index (κ1) is 30.9. The molecule has 9 nitrogen and oxygen atoms in total. The van der Waals surface area contributed by atoms with E-state index in [-0.39, 0.29) is 17.0 Å². The van der Waals surface area contributed by atoms with E-state index < -0.39 is 28.7 Å². The van der Waals surface area contributed by atoms with Crippen molar-refractivity contribution in [2.75, 3.05) is 17.2 Å². The number of unbranched alkanes of at least 4 members (excludes halogenated alkanes) is 1. The van der Waals surface area contributed by atoms with Crippen LogP contribution in [-0.2, 0) is 4.79 Å². The highest BCUT2D eigenvalue weighted by atomic mass is 32.2. The number of carbonyl (C=O) groups excluding carboxylic acids is 2. The Labute approximate surface area is 252 Å². The number of hydrogen-bond donors (Lipinski definition) is 4. The summed E-state index contributed by atoms with van der Waals surface area (Å²) in [5.41, 5.74) is 0.929. The first-order valence-corrected chi connectivity index (χ1v) is 14.4. The lowest BCUT2D eigenvalue weighted by Gasteiger charge is -2.18. The Balaban J connectivity index is 1.51. The van der Waals surface area contributed by atoms with Gasteiger partial charge in [-0.15, -0.1) is 11.8 Å². The highest BCUT2D eigenvalue weighted by Gasteiger charge is 2.23. The van der Waals surface area contributed by atoms with E-state index >= 15 is 0 Å². The van der Waals surface area contributed by atoms with Crippen LogP contribution in [0, 0.1) is 0 Å². The highest BCUT2D eigenvalue weighted by Crippen LogP contribution is 2.37. The molecule has 0 bridgehead atoms. The molecule has 0 aliphatic heterocycles. The van der Waals surface area contributed by atoms with Gasteiger partial charge in [-0.25, -0.2) is 9.59 Å². The van der Waals surface area contributed by atoms with Crippen molar-refractivity contribution in [1.29, 1.82) is 0 Å². The van der Waals surface area contributed by atoms with E-state index in [4.69, 9.17) is 4.74 Å². The maximum atomic E-state index is 13.5. The van der Waals surface area contributed by atoms with Gasteiger partial charge in [0.25, 0.3) is 5.91 Å². The molecule has 43 heavy (non-hydrogen) atoms. The molecule has 2 amide bonds. The molecule has 4 N–H and O–H groups in total. The molecule has 0 saturated carbocycles. The van der Waals surface area contributed by atoms with Crippen molar-refractivity contribution in [3.05, 3.63) is 119 Å². The van der Waals surface area contributed by atoms with Gasteiger partial charge in [0.05, 0.1) is 23.3 Å². The van der Waals surface area contributed by atoms with E-state index in [1.165, 1.54) is 23.9 Å². The second-order valence-corrected chi connectivity index (χ2v) is 10.7. The summed E-state index contributed by atoms with van der Waals surface area (Å²) in [6, 6.07) is 26.6. The molecule has 1 atom stereocenters. The van der Waals surface area contributed by atoms with Crippen molar-refractivity contribution in [2.45, 2.75) is 29.9 Å². The zero-order valence-electron chi connectivity index (χ0n) is 23.3. The van der Waals surface area contributed by atoms with Crippen molar-refractivity contribution in [3.63, 3.8) is 0 Å². The van der Waals surface area contributed by atoms with Crippen molar-refractivity contribution >= 4 is 46.9 Å². The third kappa shape index (κ3) is 8.46. The molecule has 0 heterocycles. The van der Waals surface area contributed by atoms with Crippen LogP contribution in [0.3, 0.4) is 0 Å². The number of ether oxygens (including phenoxy) is 1. The van der Waals surface area contributed by atoms with Crippen LogP contribution < -0.4 is 15.4 Å². The number of carbonyl (C=O) groups is 4. The molecule has 0 aromatic heterocycles. The number of amides is 2. The quantitative estimate of drug-likeness (QED) is 0.0953. The number of aromatic carboxylic acids is 2. The van der Waals surface area contributed by atoms with Crippen molar-refractivity contribution in [3.8, 4) is 5.75 Å². The van der Waals surface area contributed by atoms with E-state index in [9.17, 15) is 29.4 Å². The Kier molecular flexibility index (Phi) is 10.5. The van der Waals surface area contributed by atoms with E-state index in [0.717, 1.165) is 30.2 Å². The molecule has 10 heteroatoms. The van der Waals surface area contributed by atoms with Crippen LogP contribution in [0.2, 0.25) is 0 Å². The zero-order chi connectivity index (χ0) is 30.8. The van der Waals surface area contributed by atoms with Crippen LogP contribution in [0.4, 0.5) is 11.4 Å². The van der Waals surface area contributed by atoms with Gasteiger partial charge < -0.3 is 25.6 Å². The first-order chi connectivity index (χ1) is 20.7. The predicted molar refractivity (Wildman–Crippen MR) is 165 cm³/mol. The van der Waals surface area contributed by atoms with Gasteiger partial charge in [-0.3, -0.25) is 9.59 Å². The number of benzene rings is 4. The number of anilines is 2. The second kappa shape index (κ2) is 14.7. The van der Waals surface area contributed by atoms with Crippen molar-refractivity contribution < 1.29 is 34.1 Å². The Morgan fingerprint density at radius 3 is 2.19 bits per heavy atom. The summed E-state index contributed by atoms with van der Waals surface area (Å²) in [7, 11) is 0. The Bertz CT molecular complexity index is 1610. The summed E-state index contributed by atoms with van der Waals surface area (Å²) in [6.45, 7) is 2.72. The molecule has 0 saturated heterocycles. The number of carboxylic acids is 2. The van der Waals surface area contributed by atoms with E-state index in [1.807, 2.05) is 42.5 Å². The summed E-state index contributed by atoms with van der Waals surface area (Å²) >= 11 is 1.29. The average molecular weight is 599 g/mol. The van der Waals surface area contributed by atoms with Crippen LogP contribution in [0.1, 0.15) is 61.7 Å². The lowest BCUT2D eigenvalue weighted by Crippen LogP contribution is -2.19. The summed E-state index contributed by atoms with van der Waals surface area (Å²) in [5, 5.41) is 23.7. The summed E-state index contributed by atoms with van der Waals surface area (Å²) in [4.78, 5) is 50.1. The zero-order valence-corrected chi connectivity index (χ0v) is 24.1. The van der Waals surface area contributed by atoms with Gasteiger partial charge in [-0.2, -0.15) is 0 Å². The van der Waals surface area contributed by atoms with Crippen molar-refractivity contribution in [2.24, 2.45) is 0 Å². The fourth-order valence-electron chi connectivity index (χ4n) is 4.11. The maximum Gasteiger partial charge on any atom is 0.336 e. The summed E-state index contributed by atoms with van der Waals surface area (Å²) < 4.78 is 5.70. The SMILES string of the molecule is CCCCOc1ccc(NC(=O)C(Sc2cccc(NC(=O)c3ccc(C(=O)O)cc3C(=O)O)c2)c2ccccc2)cc1. The van der Waals surface area contributed by atoms with Crippen LogP contribution in [0.15, 0.2) is 102 Å². The van der Waals surface area contributed by atoms with Crippen LogP contribution in [0.25, 0.3) is 0 Å². The average Bonchev–Trinajstić information content (AvgIpc) is 3.01. The first-order valence-electron chi connectivity index (χ1n) is 13.5. The number of nitrogens with one attached hydrogen (secondary N) is 2. The van der Waals surface area contributed by atoms with Crippen LogP contribution in [0.5, 0.6) is 5.75 Å². The molecule has 0 spiro atoms. The molecule has 0 fully saturated rings. The third-order valence-electron chi connectivity index (χ3n) is 6.32. The molecular formula is C33H30N2O7S. The van der Waals surface area contributed by atoms with Crippen LogP contribution >= 0.6 is 11.8 Å². The lowest BCUT2D eigenvalue weighted by molar-refractivity contribution is -0.115. The van der Waals surface area contributed by atoms with Gasteiger partial charge in [-0.1, -0.05) is 49.7 Å². The second-order valence-electron chi connectivity index (χ2n) is 9.48. The van der Waals surface area contributed by atoms with Gasteiger partial charge in [0.1, 0.15) is 11.0 Å². The Morgan fingerprint density at radius 2 is 1.51 bits per heavy atom. The molecule has 4 aromatic carbocycles. The molecule has 0 aliphatic carbocycles. The fraction of sp³-hybridized carbons (Fsp3) is 0.152. The smallest absolute Gasteiger partial charge is 0.336 e. The molecule has 4 aromatic rings. The maximum absolute atomic E-state index is 13.5. The number of hydrogen-bond acceptors (Lipinski definition) is 6. The van der Waals surface area contributed by atoms with Gasteiger partial charge in [-0.05, 0) is 72.6 Å². The fourth-order valence-corrected chi connectivity index (χ4v) is 5.19. The number of rotatable bonds is 13. The minimum atomic E-state index is -1.42. The number of thioether (sulfide) groups is 1. The van der Waals surface area contributed by atoms with E-state index in [2.05, 4.69) is 17.6 Å². The molecular weight excluding hydrogens is 568 g/mol. The molecule has 0 aliphatic rings. The van der Waals surface area contributed by atoms with Gasteiger partial charge in [0.2, 0.25) is 5.91 Å². The molecule has 220 valence electrons. The Morgan fingerprint density at radius 1 is 0.767 bits per heavy atom. The summed E-state index contributed by atoms with van der Waals surface area (Å²) in [5.74, 6) is -2.95. The summed E-state index contributed by atoms with van der Waals surface area (Å²) in [6.07, 6.45) is 2.00. The van der Waals surface area contributed by atoms with Crippen LogP contribution in [-0.4, -0.2) is 40.6 Å². The molecule has 4 rings (SSSR count). The minimum absolute atomic E-state index is 0.182.